The molecule has 4 heteroatoms. The molecular formula is C19H25BrO3. The van der Waals surface area contributed by atoms with Crippen molar-refractivity contribution >= 4 is 22.0 Å². The number of halogens is 1. The van der Waals surface area contributed by atoms with Crippen molar-refractivity contribution in [2.75, 3.05) is 6.61 Å². The molecule has 0 saturated carbocycles. The lowest BCUT2D eigenvalue weighted by molar-refractivity contribution is 0.201. The van der Waals surface area contributed by atoms with Crippen LogP contribution in [0.25, 0.3) is 6.08 Å². The van der Waals surface area contributed by atoms with Gasteiger partial charge >= 0.3 is 0 Å². The molecule has 1 aromatic rings. The Balaban J connectivity index is 2.84. The summed E-state index contributed by atoms with van der Waals surface area (Å²) in [6.45, 7) is 7.60. The zero-order valence-corrected chi connectivity index (χ0v) is 15.3. The molecule has 0 aliphatic carbocycles. The van der Waals surface area contributed by atoms with Crippen LogP contribution < -0.4 is 0 Å². The van der Waals surface area contributed by atoms with Crippen LogP contribution in [-0.2, 0) is 0 Å². The quantitative estimate of drug-likeness (QED) is 0.578. The van der Waals surface area contributed by atoms with Crippen LogP contribution in [-0.4, -0.2) is 28.0 Å². The Morgan fingerprint density at radius 3 is 2.65 bits per heavy atom. The number of hydrogen-bond acceptors (Lipinski definition) is 3. The standard InChI is InChI=1S/C19H25BrO3/c1-4-14(11-15-12-16(20)6-8-18(15)22)5-7-19(23)17(9-10-21)13(2)3/h6,8-9,11-12,19,21-23H,2,4-5,7,10H2,1,3H3/b14-11+,17-9-. The van der Waals surface area contributed by atoms with Crippen molar-refractivity contribution in [1.29, 1.82) is 0 Å². The molecule has 0 spiro atoms. The molecule has 0 radical (unpaired) electrons. The molecular weight excluding hydrogens is 356 g/mol. The predicted octanol–water partition coefficient (Wildman–Crippen LogP) is 4.58. The first-order valence-corrected chi connectivity index (χ1v) is 8.51. The number of aliphatic hydroxyl groups is 2. The molecule has 0 heterocycles. The minimum absolute atomic E-state index is 0.109. The van der Waals surface area contributed by atoms with E-state index in [0.717, 1.165) is 27.6 Å². The van der Waals surface area contributed by atoms with Crippen LogP contribution >= 0.6 is 15.9 Å². The Bertz CT molecular complexity index is 603. The number of allylic oxidation sites excluding steroid dienone is 1. The number of phenolic OH excluding ortho intramolecular Hbond substituents is 1. The number of rotatable bonds is 8. The van der Waals surface area contributed by atoms with E-state index in [1.54, 1.807) is 18.2 Å². The minimum atomic E-state index is -0.647. The molecule has 0 aromatic heterocycles. The monoisotopic (exact) mass is 380 g/mol. The first-order valence-electron chi connectivity index (χ1n) is 7.71. The largest absolute Gasteiger partial charge is 0.507 e. The van der Waals surface area contributed by atoms with Crippen molar-refractivity contribution in [3.63, 3.8) is 0 Å². The number of benzene rings is 1. The van der Waals surface area contributed by atoms with Crippen molar-refractivity contribution < 1.29 is 15.3 Å². The van der Waals surface area contributed by atoms with E-state index < -0.39 is 6.10 Å². The average molecular weight is 381 g/mol. The Morgan fingerprint density at radius 2 is 2.09 bits per heavy atom. The number of aromatic hydroxyl groups is 1. The van der Waals surface area contributed by atoms with Crippen LogP contribution in [0.5, 0.6) is 5.75 Å². The fourth-order valence-corrected chi connectivity index (χ4v) is 2.76. The summed E-state index contributed by atoms with van der Waals surface area (Å²) in [5.74, 6) is 0.238. The molecule has 3 N–H and O–H groups in total. The smallest absolute Gasteiger partial charge is 0.122 e. The van der Waals surface area contributed by atoms with E-state index in [4.69, 9.17) is 5.11 Å². The molecule has 3 nitrogen and oxygen atoms in total. The van der Waals surface area contributed by atoms with E-state index in [0.29, 0.717) is 18.4 Å². The average Bonchev–Trinajstić information content (AvgIpc) is 2.51. The highest BCUT2D eigenvalue weighted by atomic mass is 79.9. The molecule has 126 valence electrons. The second kappa shape index (κ2) is 9.71. The molecule has 0 bridgehead atoms. The molecule has 1 aromatic carbocycles. The van der Waals surface area contributed by atoms with Crippen LogP contribution in [0.3, 0.4) is 0 Å². The van der Waals surface area contributed by atoms with E-state index in [1.165, 1.54) is 0 Å². The third-order valence-corrected chi connectivity index (χ3v) is 4.20. The van der Waals surface area contributed by atoms with E-state index in [9.17, 15) is 10.2 Å². The van der Waals surface area contributed by atoms with Crippen LogP contribution in [0.1, 0.15) is 38.7 Å². The second-order valence-electron chi connectivity index (χ2n) is 5.54. The maximum absolute atomic E-state index is 10.3. The van der Waals surface area contributed by atoms with Gasteiger partial charge in [-0.25, -0.2) is 0 Å². The summed E-state index contributed by atoms with van der Waals surface area (Å²) in [4.78, 5) is 0. The first kappa shape index (κ1) is 19.7. The summed E-state index contributed by atoms with van der Waals surface area (Å²) in [6.07, 6.45) is 5.01. The van der Waals surface area contributed by atoms with Gasteiger partial charge in [-0.05, 0) is 50.0 Å². The molecule has 23 heavy (non-hydrogen) atoms. The van der Waals surface area contributed by atoms with Gasteiger partial charge in [-0.15, -0.1) is 0 Å². The maximum atomic E-state index is 10.3. The molecule has 1 unspecified atom stereocenters. The Hall–Kier alpha value is -1.36. The highest BCUT2D eigenvalue weighted by Crippen LogP contribution is 2.27. The van der Waals surface area contributed by atoms with Gasteiger partial charge in [0.15, 0.2) is 0 Å². The van der Waals surface area contributed by atoms with Gasteiger partial charge in [-0.1, -0.05) is 52.7 Å². The normalized spacial score (nSPS) is 14.0. The fraction of sp³-hybridized carbons (Fsp3) is 0.368. The number of hydrogen-bond donors (Lipinski definition) is 3. The molecule has 0 saturated heterocycles. The van der Waals surface area contributed by atoms with Gasteiger partial charge < -0.3 is 15.3 Å². The first-order chi connectivity index (χ1) is 10.9. The third kappa shape index (κ3) is 6.34. The van der Waals surface area contributed by atoms with E-state index >= 15 is 0 Å². The molecule has 0 fully saturated rings. The van der Waals surface area contributed by atoms with Gasteiger partial charge in [0, 0.05) is 10.0 Å². The molecule has 0 amide bonds. The van der Waals surface area contributed by atoms with E-state index in [1.807, 2.05) is 19.1 Å². The Morgan fingerprint density at radius 1 is 1.39 bits per heavy atom. The van der Waals surface area contributed by atoms with Crippen LogP contribution in [0, 0.1) is 0 Å². The fourth-order valence-electron chi connectivity index (χ4n) is 2.38. The van der Waals surface area contributed by atoms with E-state index in [-0.39, 0.29) is 12.4 Å². The lowest BCUT2D eigenvalue weighted by Crippen LogP contribution is -2.12. The summed E-state index contributed by atoms with van der Waals surface area (Å²) in [5.41, 5.74) is 3.35. The zero-order chi connectivity index (χ0) is 17.4. The molecule has 1 rings (SSSR count). The van der Waals surface area contributed by atoms with Crippen LogP contribution in [0.15, 0.2) is 52.0 Å². The summed E-state index contributed by atoms with van der Waals surface area (Å²) >= 11 is 3.40. The van der Waals surface area contributed by atoms with Crippen molar-refractivity contribution in [3.05, 3.63) is 57.6 Å². The molecule has 0 aliphatic heterocycles. The van der Waals surface area contributed by atoms with Crippen molar-refractivity contribution in [2.24, 2.45) is 0 Å². The predicted molar refractivity (Wildman–Crippen MR) is 99.3 cm³/mol. The third-order valence-electron chi connectivity index (χ3n) is 3.71. The lowest BCUT2D eigenvalue weighted by atomic mass is 9.95. The summed E-state index contributed by atoms with van der Waals surface area (Å²) in [6, 6.07) is 5.31. The Labute approximate surface area is 146 Å². The van der Waals surface area contributed by atoms with Gasteiger partial charge in [-0.3, -0.25) is 0 Å². The SMILES string of the molecule is C=C(C)/C(=C/CO)C(O)CC/C(=C/c1cc(Br)ccc1O)CC. The minimum Gasteiger partial charge on any atom is -0.507 e. The highest BCUT2D eigenvalue weighted by molar-refractivity contribution is 9.10. The van der Waals surface area contributed by atoms with Crippen molar-refractivity contribution in [2.45, 2.75) is 39.2 Å². The lowest BCUT2D eigenvalue weighted by Gasteiger charge is -2.16. The maximum Gasteiger partial charge on any atom is 0.122 e. The van der Waals surface area contributed by atoms with Gasteiger partial charge in [0.05, 0.1) is 12.7 Å². The summed E-state index contributed by atoms with van der Waals surface area (Å²) in [7, 11) is 0. The second-order valence-corrected chi connectivity index (χ2v) is 6.45. The van der Waals surface area contributed by atoms with Gasteiger partial charge in [0.1, 0.15) is 5.75 Å². The van der Waals surface area contributed by atoms with Crippen LogP contribution in [0.2, 0.25) is 0 Å². The van der Waals surface area contributed by atoms with Crippen LogP contribution in [0.4, 0.5) is 0 Å². The van der Waals surface area contributed by atoms with Gasteiger partial charge in [-0.2, -0.15) is 0 Å². The van der Waals surface area contributed by atoms with Crippen molar-refractivity contribution in [3.8, 4) is 5.75 Å². The van der Waals surface area contributed by atoms with Gasteiger partial charge in [0.25, 0.3) is 0 Å². The number of phenols is 1. The summed E-state index contributed by atoms with van der Waals surface area (Å²) < 4.78 is 0.910. The number of aliphatic hydroxyl groups excluding tert-OH is 2. The topological polar surface area (TPSA) is 60.7 Å². The van der Waals surface area contributed by atoms with Gasteiger partial charge in [0.2, 0.25) is 0 Å². The Kier molecular flexibility index (Phi) is 8.31. The summed E-state index contributed by atoms with van der Waals surface area (Å²) in [5, 5.41) is 29.3. The molecule has 1 atom stereocenters. The van der Waals surface area contributed by atoms with Crippen molar-refractivity contribution in [1.82, 2.24) is 0 Å². The molecule has 0 aliphatic rings. The zero-order valence-electron chi connectivity index (χ0n) is 13.7. The van der Waals surface area contributed by atoms with E-state index in [2.05, 4.69) is 29.4 Å². The highest BCUT2D eigenvalue weighted by Gasteiger charge is 2.12.